The number of amides is 1. The lowest BCUT2D eigenvalue weighted by Crippen LogP contribution is -2.39. The van der Waals surface area contributed by atoms with Gasteiger partial charge in [-0.1, -0.05) is 18.2 Å². The van der Waals surface area contributed by atoms with Gasteiger partial charge in [-0.05, 0) is 25.0 Å². The van der Waals surface area contributed by atoms with Crippen molar-refractivity contribution in [2.45, 2.75) is 18.9 Å². The average molecular weight is 249 g/mol. The van der Waals surface area contributed by atoms with E-state index in [9.17, 15) is 14.3 Å². The second kappa shape index (κ2) is 5.78. The summed E-state index contributed by atoms with van der Waals surface area (Å²) in [5, 5.41) is 9.35. The fourth-order valence-corrected chi connectivity index (χ4v) is 1.96. The van der Waals surface area contributed by atoms with Crippen LogP contribution in [0.2, 0.25) is 0 Å². The normalized spacial score (nSPS) is 17.3. The van der Waals surface area contributed by atoms with Crippen LogP contribution in [0.25, 0.3) is 6.08 Å². The fourth-order valence-electron chi connectivity index (χ4n) is 1.96. The van der Waals surface area contributed by atoms with Crippen molar-refractivity contribution >= 4 is 12.0 Å². The Morgan fingerprint density at radius 3 is 2.67 bits per heavy atom. The van der Waals surface area contributed by atoms with Crippen molar-refractivity contribution in [3.63, 3.8) is 0 Å². The lowest BCUT2D eigenvalue weighted by molar-refractivity contribution is -0.127. The van der Waals surface area contributed by atoms with Gasteiger partial charge in [0.15, 0.2) is 0 Å². The molecule has 0 saturated carbocycles. The molecule has 0 radical (unpaired) electrons. The number of hydrogen-bond donors (Lipinski definition) is 1. The number of aliphatic hydroxyl groups is 1. The minimum Gasteiger partial charge on any atom is -0.393 e. The molecular formula is C14H16FNO2. The molecule has 1 N–H and O–H groups in total. The molecule has 1 amide bonds. The summed E-state index contributed by atoms with van der Waals surface area (Å²) in [6.45, 7) is 1.11. The third-order valence-electron chi connectivity index (χ3n) is 3.09. The number of aliphatic hydroxyl groups excluding tert-OH is 1. The van der Waals surface area contributed by atoms with Crippen molar-refractivity contribution in [2.24, 2.45) is 0 Å². The number of rotatable bonds is 2. The molecule has 18 heavy (non-hydrogen) atoms. The number of nitrogens with zero attached hydrogens (tertiary/aromatic N) is 1. The zero-order valence-electron chi connectivity index (χ0n) is 10.1. The Hall–Kier alpha value is -1.68. The van der Waals surface area contributed by atoms with Crippen LogP contribution < -0.4 is 0 Å². The number of carbonyl (C=O) groups is 1. The second-order valence-corrected chi connectivity index (χ2v) is 4.41. The first-order valence-electron chi connectivity index (χ1n) is 6.06. The summed E-state index contributed by atoms with van der Waals surface area (Å²) in [4.78, 5) is 13.5. The topological polar surface area (TPSA) is 40.5 Å². The molecule has 1 aromatic rings. The van der Waals surface area contributed by atoms with Crippen LogP contribution in [0.3, 0.4) is 0 Å². The summed E-state index contributed by atoms with van der Waals surface area (Å²) in [5.41, 5.74) is 0.405. The van der Waals surface area contributed by atoms with E-state index in [1.165, 1.54) is 18.2 Å². The Balaban J connectivity index is 1.97. The van der Waals surface area contributed by atoms with Gasteiger partial charge in [0.25, 0.3) is 0 Å². The largest absolute Gasteiger partial charge is 0.393 e. The average Bonchev–Trinajstić information content (AvgIpc) is 2.38. The Bertz CT molecular complexity index is 451. The molecule has 0 spiro atoms. The minimum atomic E-state index is -0.337. The van der Waals surface area contributed by atoms with E-state index in [1.807, 2.05) is 0 Å². The highest BCUT2D eigenvalue weighted by molar-refractivity contribution is 5.91. The molecule has 4 heteroatoms. The summed E-state index contributed by atoms with van der Waals surface area (Å²) >= 11 is 0. The summed E-state index contributed by atoms with van der Waals surface area (Å²) in [5.74, 6) is -0.472. The van der Waals surface area contributed by atoms with Crippen LogP contribution in [0.15, 0.2) is 30.3 Å². The van der Waals surface area contributed by atoms with Gasteiger partial charge >= 0.3 is 0 Å². The van der Waals surface area contributed by atoms with E-state index < -0.39 is 0 Å². The summed E-state index contributed by atoms with van der Waals surface area (Å²) in [7, 11) is 0. The highest BCUT2D eigenvalue weighted by atomic mass is 19.1. The molecule has 1 aliphatic rings. The Labute approximate surface area is 106 Å². The maximum absolute atomic E-state index is 13.3. The third-order valence-corrected chi connectivity index (χ3v) is 3.09. The highest BCUT2D eigenvalue weighted by Gasteiger charge is 2.19. The maximum atomic E-state index is 13.3. The molecule has 1 heterocycles. The fraction of sp³-hybridized carbons (Fsp3) is 0.357. The lowest BCUT2D eigenvalue weighted by atomic mass is 10.1. The van der Waals surface area contributed by atoms with Crippen molar-refractivity contribution in [1.82, 2.24) is 4.90 Å². The first-order chi connectivity index (χ1) is 8.66. The maximum Gasteiger partial charge on any atom is 0.246 e. The zero-order chi connectivity index (χ0) is 13.0. The van der Waals surface area contributed by atoms with Crippen molar-refractivity contribution in [2.75, 3.05) is 13.1 Å². The number of piperidine rings is 1. The molecular weight excluding hydrogens is 233 g/mol. The molecule has 0 bridgehead atoms. The van der Waals surface area contributed by atoms with Gasteiger partial charge in [-0.3, -0.25) is 4.79 Å². The number of likely N-dealkylation sites (tertiary alicyclic amines) is 1. The van der Waals surface area contributed by atoms with Crippen LogP contribution in [-0.4, -0.2) is 35.1 Å². The number of halogens is 1. The van der Waals surface area contributed by atoms with Crippen molar-refractivity contribution in [3.8, 4) is 0 Å². The van der Waals surface area contributed by atoms with Crippen molar-refractivity contribution < 1.29 is 14.3 Å². The predicted molar refractivity (Wildman–Crippen MR) is 67.3 cm³/mol. The Morgan fingerprint density at radius 1 is 1.33 bits per heavy atom. The van der Waals surface area contributed by atoms with Crippen LogP contribution in [0.5, 0.6) is 0 Å². The predicted octanol–water partition coefficient (Wildman–Crippen LogP) is 1.82. The molecule has 96 valence electrons. The minimum absolute atomic E-state index is 0.134. The van der Waals surface area contributed by atoms with E-state index in [4.69, 9.17) is 0 Å². The quantitative estimate of drug-likeness (QED) is 0.812. The third kappa shape index (κ3) is 3.17. The molecule has 1 aliphatic heterocycles. The first-order valence-corrected chi connectivity index (χ1v) is 6.06. The van der Waals surface area contributed by atoms with Gasteiger partial charge in [-0.25, -0.2) is 4.39 Å². The van der Waals surface area contributed by atoms with Crippen LogP contribution >= 0.6 is 0 Å². The molecule has 2 rings (SSSR count). The lowest BCUT2D eigenvalue weighted by Gasteiger charge is -2.28. The van der Waals surface area contributed by atoms with Gasteiger partial charge < -0.3 is 10.0 Å². The SMILES string of the molecule is O=C(/C=C/c1ccccc1F)N1CCC(O)CC1. The zero-order valence-corrected chi connectivity index (χ0v) is 10.1. The van der Waals surface area contributed by atoms with Gasteiger partial charge in [-0.2, -0.15) is 0 Å². The van der Waals surface area contributed by atoms with Crippen LogP contribution in [-0.2, 0) is 4.79 Å². The summed E-state index contributed by atoms with van der Waals surface area (Å²) in [6.07, 6.45) is 3.79. The number of carbonyl (C=O) groups excluding carboxylic acids is 1. The smallest absolute Gasteiger partial charge is 0.246 e. The van der Waals surface area contributed by atoms with Crippen LogP contribution in [0, 0.1) is 5.82 Å². The Kier molecular flexibility index (Phi) is 4.10. The van der Waals surface area contributed by atoms with E-state index in [1.54, 1.807) is 23.1 Å². The molecule has 1 aromatic carbocycles. The van der Waals surface area contributed by atoms with E-state index >= 15 is 0 Å². The van der Waals surface area contributed by atoms with E-state index in [-0.39, 0.29) is 17.8 Å². The second-order valence-electron chi connectivity index (χ2n) is 4.41. The molecule has 1 fully saturated rings. The van der Waals surface area contributed by atoms with Crippen LogP contribution in [0.1, 0.15) is 18.4 Å². The molecule has 0 aliphatic carbocycles. The van der Waals surface area contributed by atoms with E-state index in [0.717, 1.165) is 0 Å². The molecule has 0 aromatic heterocycles. The number of hydrogen-bond acceptors (Lipinski definition) is 2. The summed E-state index contributed by atoms with van der Waals surface area (Å²) in [6, 6.07) is 6.32. The van der Waals surface area contributed by atoms with Gasteiger partial charge in [0.2, 0.25) is 5.91 Å². The highest BCUT2D eigenvalue weighted by Crippen LogP contribution is 2.12. The molecule has 1 saturated heterocycles. The van der Waals surface area contributed by atoms with E-state index in [0.29, 0.717) is 31.5 Å². The molecule has 0 atom stereocenters. The monoisotopic (exact) mass is 249 g/mol. The van der Waals surface area contributed by atoms with Crippen LogP contribution in [0.4, 0.5) is 4.39 Å². The Morgan fingerprint density at radius 2 is 2.00 bits per heavy atom. The summed E-state index contributed by atoms with van der Waals surface area (Å²) < 4.78 is 13.3. The number of benzene rings is 1. The van der Waals surface area contributed by atoms with E-state index in [2.05, 4.69) is 0 Å². The standard InChI is InChI=1S/C14H16FNO2/c15-13-4-2-1-3-11(13)5-6-14(18)16-9-7-12(17)8-10-16/h1-6,12,17H,7-10H2/b6-5+. The molecule has 0 unspecified atom stereocenters. The van der Waals surface area contributed by atoms with Gasteiger partial charge in [0, 0.05) is 24.7 Å². The van der Waals surface area contributed by atoms with Crippen molar-refractivity contribution in [1.29, 1.82) is 0 Å². The first kappa shape index (κ1) is 12.8. The van der Waals surface area contributed by atoms with Crippen molar-refractivity contribution in [3.05, 3.63) is 41.7 Å². The van der Waals surface area contributed by atoms with Gasteiger partial charge in [0.05, 0.1) is 6.10 Å². The molecule has 3 nitrogen and oxygen atoms in total. The van der Waals surface area contributed by atoms with Gasteiger partial charge in [-0.15, -0.1) is 0 Å². The van der Waals surface area contributed by atoms with Gasteiger partial charge in [0.1, 0.15) is 5.82 Å².